The number of nitrogens with zero attached hydrogens (tertiary/aromatic N) is 2. The molecule has 1 aromatic rings. The van der Waals surface area contributed by atoms with Crippen LogP contribution in [0.3, 0.4) is 0 Å². The normalized spacial score (nSPS) is 18.2. The summed E-state index contributed by atoms with van der Waals surface area (Å²) in [6, 6.07) is 6.83. The first-order valence-electron chi connectivity index (χ1n) is 7.65. The van der Waals surface area contributed by atoms with E-state index in [9.17, 15) is 21.6 Å². The first-order valence-corrected chi connectivity index (χ1v) is 9.50. The van der Waals surface area contributed by atoms with Crippen LogP contribution in [0.1, 0.15) is 18.4 Å². The minimum absolute atomic E-state index is 0.380. The number of nitrogens with two attached hydrogens (primary N) is 1. The second-order valence-electron chi connectivity index (χ2n) is 6.18. The predicted octanol–water partition coefficient (Wildman–Crippen LogP) is 2.06. The van der Waals surface area contributed by atoms with Crippen LogP contribution >= 0.6 is 0 Å². The third-order valence-corrected chi connectivity index (χ3v) is 5.36. The summed E-state index contributed by atoms with van der Waals surface area (Å²) in [7, 11) is -3.90. The fourth-order valence-electron chi connectivity index (χ4n) is 3.01. The fourth-order valence-corrected chi connectivity index (χ4v) is 4.14. The number of likely N-dealkylation sites (tertiary alicyclic amines) is 1. The van der Waals surface area contributed by atoms with Crippen molar-refractivity contribution in [2.24, 2.45) is 0 Å². The highest BCUT2D eigenvalue weighted by Gasteiger charge is 2.39. The highest BCUT2D eigenvalue weighted by molar-refractivity contribution is 7.88. The van der Waals surface area contributed by atoms with Gasteiger partial charge in [0.1, 0.15) is 6.54 Å². The van der Waals surface area contributed by atoms with E-state index in [1.807, 2.05) is 18.2 Å². The highest BCUT2D eigenvalue weighted by Crippen LogP contribution is 2.25. The van der Waals surface area contributed by atoms with Crippen molar-refractivity contribution in [3.63, 3.8) is 0 Å². The maximum absolute atomic E-state index is 12.7. The Balaban J connectivity index is 1.97. The molecule has 0 spiro atoms. The summed E-state index contributed by atoms with van der Waals surface area (Å²) in [6.45, 7) is 0.314. The number of halogens is 3. The van der Waals surface area contributed by atoms with Gasteiger partial charge in [-0.15, -0.1) is 0 Å². The fraction of sp³-hybridized carbons (Fsp3) is 0.600. The Bertz CT molecular complexity index is 656. The van der Waals surface area contributed by atoms with Crippen molar-refractivity contribution in [3.8, 4) is 0 Å². The maximum atomic E-state index is 12.7. The maximum Gasteiger partial charge on any atom is 0.402 e. The van der Waals surface area contributed by atoms with Gasteiger partial charge in [0.15, 0.2) is 0 Å². The second kappa shape index (κ2) is 7.28. The molecule has 9 heteroatoms. The first-order chi connectivity index (χ1) is 11.0. The van der Waals surface area contributed by atoms with Crippen molar-refractivity contribution in [1.82, 2.24) is 9.21 Å². The Morgan fingerprint density at radius 1 is 1.29 bits per heavy atom. The summed E-state index contributed by atoms with van der Waals surface area (Å²) in [5.41, 5.74) is 7.43. The molecule has 1 heterocycles. The molecule has 0 unspecified atom stereocenters. The van der Waals surface area contributed by atoms with Crippen LogP contribution in [-0.4, -0.2) is 55.7 Å². The van der Waals surface area contributed by atoms with Crippen molar-refractivity contribution >= 4 is 15.7 Å². The SMILES string of the molecule is CS(=O)(=O)N(CC(F)(F)F)C1CCN(Cc2cccc(N)c2)CC1. The van der Waals surface area contributed by atoms with Crippen molar-refractivity contribution in [3.05, 3.63) is 29.8 Å². The van der Waals surface area contributed by atoms with Gasteiger partial charge in [0.05, 0.1) is 6.26 Å². The number of alkyl halides is 3. The van der Waals surface area contributed by atoms with Crippen molar-refractivity contribution in [1.29, 1.82) is 0 Å². The molecule has 0 atom stereocenters. The van der Waals surface area contributed by atoms with Crippen LogP contribution in [0.5, 0.6) is 0 Å². The zero-order valence-corrected chi connectivity index (χ0v) is 14.3. The molecule has 0 aliphatic carbocycles. The number of hydrogen-bond donors (Lipinski definition) is 1. The molecular formula is C15H22F3N3O2S. The summed E-state index contributed by atoms with van der Waals surface area (Å²) in [4.78, 5) is 2.10. The lowest BCUT2D eigenvalue weighted by Crippen LogP contribution is -2.49. The molecular weight excluding hydrogens is 343 g/mol. The van der Waals surface area contributed by atoms with E-state index in [1.165, 1.54) is 0 Å². The van der Waals surface area contributed by atoms with Crippen LogP contribution in [0.2, 0.25) is 0 Å². The number of hydrogen-bond acceptors (Lipinski definition) is 4. The predicted molar refractivity (Wildman–Crippen MR) is 86.8 cm³/mol. The van der Waals surface area contributed by atoms with Crippen LogP contribution in [0, 0.1) is 0 Å². The molecule has 1 saturated heterocycles. The second-order valence-corrected chi connectivity index (χ2v) is 8.11. The molecule has 0 amide bonds. The van der Waals surface area contributed by atoms with Gasteiger partial charge in [-0.1, -0.05) is 12.1 Å². The molecule has 136 valence electrons. The lowest BCUT2D eigenvalue weighted by molar-refractivity contribution is -0.140. The molecule has 2 N–H and O–H groups in total. The molecule has 1 fully saturated rings. The minimum Gasteiger partial charge on any atom is -0.399 e. The third-order valence-electron chi connectivity index (χ3n) is 4.08. The number of benzene rings is 1. The van der Waals surface area contributed by atoms with E-state index in [1.54, 1.807) is 6.07 Å². The van der Waals surface area contributed by atoms with Gasteiger partial charge in [-0.25, -0.2) is 8.42 Å². The van der Waals surface area contributed by atoms with E-state index in [0.29, 0.717) is 42.5 Å². The molecule has 0 bridgehead atoms. The van der Waals surface area contributed by atoms with Gasteiger partial charge in [0.2, 0.25) is 10.0 Å². The number of rotatable bonds is 5. The van der Waals surface area contributed by atoms with Gasteiger partial charge in [-0.2, -0.15) is 17.5 Å². The summed E-state index contributed by atoms with van der Waals surface area (Å²) in [5.74, 6) is 0. The summed E-state index contributed by atoms with van der Waals surface area (Å²) >= 11 is 0. The van der Waals surface area contributed by atoms with Crippen molar-refractivity contribution < 1.29 is 21.6 Å². The standard InChI is InChI=1S/C15H22F3N3O2S/c1-24(22,23)21(11-15(16,17)18)14-5-7-20(8-6-14)10-12-3-2-4-13(19)9-12/h2-4,9,14H,5-8,10-11,19H2,1H3. The minimum atomic E-state index is -4.54. The Kier molecular flexibility index (Phi) is 5.77. The van der Waals surface area contributed by atoms with E-state index in [4.69, 9.17) is 5.73 Å². The molecule has 5 nitrogen and oxygen atoms in total. The molecule has 1 aliphatic heterocycles. The summed E-state index contributed by atoms with van der Waals surface area (Å²) in [5, 5.41) is 0. The molecule has 0 saturated carbocycles. The van der Waals surface area contributed by atoms with Gasteiger partial charge in [-0.05, 0) is 30.5 Å². The lowest BCUT2D eigenvalue weighted by Gasteiger charge is -2.37. The van der Waals surface area contributed by atoms with Gasteiger partial charge in [0, 0.05) is 31.4 Å². The van der Waals surface area contributed by atoms with E-state index < -0.39 is 28.8 Å². The smallest absolute Gasteiger partial charge is 0.399 e. The monoisotopic (exact) mass is 365 g/mol. The Labute approximate surface area is 140 Å². The third kappa shape index (κ3) is 5.64. The van der Waals surface area contributed by atoms with Gasteiger partial charge in [0.25, 0.3) is 0 Å². The number of piperidine rings is 1. The molecule has 2 rings (SSSR count). The van der Waals surface area contributed by atoms with Crippen molar-refractivity contribution in [2.45, 2.75) is 31.6 Å². The van der Waals surface area contributed by atoms with Gasteiger partial charge >= 0.3 is 6.18 Å². The molecule has 24 heavy (non-hydrogen) atoms. The number of anilines is 1. The quantitative estimate of drug-likeness (QED) is 0.811. The van der Waals surface area contributed by atoms with Crippen LogP contribution < -0.4 is 5.73 Å². The van der Waals surface area contributed by atoms with Crippen LogP contribution in [-0.2, 0) is 16.6 Å². The zero-order chi connectivity index (χ0) is 18.0. The summed E-state index contributed by atoms with van der Waals surface area (Å²) in [6.07, 6.45) is -2.95. The average Bonchev–Trinajstić information content (AvgIpc) is 2.44. The van der Waals surface area contributed by atoms with Crippen molar-refractivity contribution in [2.75, 3.05) is 31.6 Å². The number of nitrogen functional groups attached to an aromatic ring is 1. The first kappa shape index (κ1) is 19.0. The topological polar surface area (TPSA) is 66.6 Å². The van der Waals surface area contributed by atoms with Gasteiger partial charge in [-0.3, -0.25) is 4.90 Å². The van der Waals surface area contributed by atoms with Crippen LogP contribution in [0.4, 0.5) is 18.9 Å². The molecule has 1 aromatic carbocycles. The summed E-state index contributed by atoms with van der Waals surface area (Å²) < 4.78 is 62.0. The van der Waals surface area contributed by atoms with Crippen LogP contribution in [0.15, 0.2) is 24.3 Å². The molecule has 0 aromatic heterocycles. The Morgan fingerprint density at radius 3 is 2.42 bits per heavy atom. The largest absolute Gasteiger partial charge is 0.402 e. The Morgan fingerprint density at radius 2 is 1.92 bits per heavy atom. The average molecular weight is 365 g/mol. The van der Waals surface area contributed by atoms with E-state index >= 15 is 0 Å². The Hall–Kier alpha value is -1.32. The van der Waals surface area contributed by atoms with E-state index in [0.717, 1.165) is 11.8 Å². The molecule has 1 aliphatic rings. The van der Waals surface area contributed by atoms with E-state index in [2.05, 4.69) is 4.90 Å². The lowest BCUT2D eigenvalue weighted by atomic mass is 10.0. The van der Waals surface area contributed by atoms with E-state index in [-0.39, 0.29) is 0 Å². The molecule has 0 radical (unpaired) electrons. The number of sulfonamides is 1. The highest BCUT2D eigenvalue weighted by atomic mass is 32.2. The zero-order valence-electron chi connectivity index (χ0n) is 13.5. The van der Waals surface area contributed by atoms with Gasteiger partial charge < -0.3 is 5.73 Å². The van der Waals surface area contributed by atoms with Crippen LogP contribution in [0.25, 0.3) is 0 Å².